The van der Waals surface area contributed by atoms with Gasteiger partial charge in [-0.2, -0.15) is 0 Å². The highest BCUT2D eigenvalue weighted by Crippen LogP contribution is 2.29. The van der Waals surface area contributed by atoms with E-state index in [0.717, 1.165) is 53.6 Å². The van der Waals surface area contributed by atoms with Gasteiger partial charge in [0.15, 0.2) is 0 Å². The molecule has 2 aromatic rings. The van der Waals surface area contributed by atoms with Gasteiger partial charge in [-0.3, -0.25) is 4.79 Å². The zero-order valence-corrected chi connectivity index (χ0v) is 16.5. The Morgan fingerprint density at radius 3 is 2.54 bits per heavy atom. The van der Waals surface area contributed by atoms with E-state index < -0.39 is 0 Å². The average molecular weight is 371 g/mol. The Labute approximate surface area is 160 Å². The van der Waals surface area contributed by atoms with Crippen molar-refractivity contribution in [3.05, 3.63) is 53.6 Å². The van der Waals surface area contributed by atoms with Crippen molar-refractivity contribution in [2.24, 2.45) is 0 Å². The summed E-state index contributed by atoms with van der Waals surface area (Å²) in [6.45, 7) is 7.74. The maximum atomic E-state index is 13.0. The van der Waals surface area contributed by atoms with Crippen LogP contribution in [0.5, 0.6) is 5.75 Å². The molecule has 0 spiro atoms. The second kappa shape index (κ2) is 8.49. The SMILES string of the molecule is CCOc1ccccc1N1CCN(C(=O)c2cc(SC)ccc2C)CC1. The van der Waals surface area contributed by atoms with E-state index in [1.807, 2.05) is 55.3 Å². The molecule has 4 nitrogen and oxygen atoms in total. The van der Waals surface area contributed by atoms with Gasteiger partial charge in [-0.05, 0) is 49.9 Å². The van der Waals surface area contributed by atoms with E-state index in [4.69, 9.17) is 4.74 Å². The molecular weight excluding hydrogens is 344 g/mol. The summed E-state index contributed by atoms with van der Waals surface area (Å²) in [6.07, 6.45) is 2.04. The zero-order valence-electron chi connectivity index (χ0n) is 15.7. The molecule has 0 aromatic heterocycles. The summed E-state index contributed by atoms with van der Waals surface area (Å²) in [7, 11) is 0. The molecule has 1 fully saturated rings. The molecule has 3 rings (SSSR count). The topological polar surface area (TPSA) is 32.8 Å². The highest BCUT2D eigenvalue weighted by molar-refractivity contribution is 7.98. The Morgan fingerprint density at radius 2 is 1.85 bits per heavy atom. The molecule has 0 unspecified atom stereocenters. The maximum absolute atomic E-state index is 13.0. The molecule has 0 bridgehead atoms. The molecule has 26 heavy (non-hydrogen) atoms. The number of benzene rings is 2. The fourth-order valence-electron chi connectivity index (χ4n) is 3.28. The minimum atomic E-state index is 0.135. The molecule has 0 N–H and O–H groups in total. The molecule has 0 atom stereocenters. The van der Waals surface area contributed by atoms with E-state index in [1.165, 1.54) is 0 Å². The van der Waals surface area contributed by atoms with E-state index in [2.05, 4.69) is 17.0 Å². The van der Waals surface area contributed by atoms with Gasteiger partial charge in [-0.15, -0.1) is 11.8 Å². The monoisotopic (exact) mass is 370 g/mol. The number of piperazine rings is 1. The molecule has 1 heterocycles. The van der Waals surface area contributed by atoms with Gasteiger partial charge in [0, 0.05) is 36.6 Å². The molecule has 1 aliphatic heterocycles. The minimum Gasteiger partial charge on any atom is -0.492 e. The fraction of sp³-hybridized carbons (Fsp3) is 0.381. The molecule has 1 saturated heterocycles. The van der Waals surface area contributed by atoms with Gasteiger partial charge in [0.2, 0.25) is 0 Å². The molecule has 2 aromatic carbocycles. The lowest BCUT2D eigenvalue weighted by atomic mass is 10.1. The smallest absolute Gasteiger partial charge is 0.254 e. The summed E-state index contributed by atoms with van der Waals surface area (Å²) in [4.78, 5) is 18.4. The van der Waals surface area contributed by atoms with Crippen LogP contribution in [0.25, 0.3) is 0 Å². The highest BCUT2D eigenvalue weighted by Gasteiger charge is 2.24. The third-order valence-electron chi connectivity index (χ3n) is 4.75. The quantitative estimate of drug-likeness (QED) is 0.743. The molecule has 1 aliphatic rings. The Kier molecular flexibility index (Phi) is 6.09. The van der Waals surface area contributed by atoms with Crippen LogP contribution in [0.4, 0.5) is 5.69 Å². The molecule has 5 heteroatoms. The van der Waals surface area contributed by atoms with Crippen LogP contribution in [0.1, 0.15) is 22.8 Å². The van der Waals surface area contributed by atoms with Crippen molar-refractivity contribution < 1.29 is 9.53 Å². The molecule has 0 aliphatic carbocycles. The number of carbonyl (C=O) groups is 1. The normalized spacial score (nSPS) is 14.4. The lowest BCUT2D eigenvalue weighted by molar-refractivity contribution is 0.0745. The minimum absolute atomic E-state index is 0.135. The Morgan fingerprint density at radius 1 is 1.12 bits per heavy atom. The van der Waals surface area contributed by atoms with Crippen molar-refractivity contribution in [1.82, 2.24) is 4.90 Å². The van der Waals surface area contributed by atoms with E-state index in [1.54, 1.807) is 11.8 Å². The Bertz CT molecular complexity index is 770. The highest BCUT2D eigenvalue weighted by atomic mass is 32.2. The predicted molar refractivity (Wildman–Crippen MR) is 109 cm³/mol. The third-order valence-corrected chi connectivity index (χ3v) is 5.47. The van der Waals surface area contributed by atoms with Gasteiger partial charge >= 0.3 is 0 Å². The van der Waals surface area contributed by atoms with Crippen molar-refractivity contribution in [3.8, 4) is 5.75 Å². The summed E-state index contributed by atoms with van der Waals surface area (Å²) >= 11 is 1.67. The number of thioether (sulfide) groups is 1. The maximum Gasteiger partial charge on any atom is 0.254 e. The first-order chi connectivity index (χ1) is 12.6. The Hall–Kier alpha value is -2.14. The largest absolute Gasteiger partial charge is 0.492 e. The van der Waals surface area contributed by atoms with Gasteiger partial charge in [0.05, 0.1) is 12.3 Å². The number of carbonyl (C=O) groups excluding carboxylic acids is 1. The lowest BCUT2D eigenvalue weighted by Gasteiger charge is -2.37. The van der Waals surface area contributed by atoms with E-state index in [0.29, 0.717) is 6.61 Å². The first-order valence-corrected chi connectivity index (χ1v) is 10.3. The van der Waals surface area contributed by atoms with Crippen molar-refractivity contribution >= 4 is 23.4 Å². The Balaban J connectivity index is 1.70. The van der Waals surface area contributed by atoms with Gasteiger partial charge < -0.3 is 14.5 Å². The van der Waals surface area contributed by atoms with Crippen molar-refractivity contribution in [2.75, 3.05) is 43.9 Å². The summed E-state index contributed by atoms with van der Waals surface area (Å²) in [6, 6.07) is 14.2. The second-order valence-electron chi connectivity index (χ2n) is 6.36. The predicted octanol–water partition coefficient (Wildman–Crippen LogP) is 4.08. The van der Waals surface area contributed by atoms with Gasteiger partial charge in [-0.25, -0.2) is 0 Å². The second-order valence-corrected chi connectivity index (χ2v) is 7.24. The molecule has 138 valence electrons. The van der Waals surface area contributed by atoms with Crippen molar-refractivity contribution in [1.29, 1.82) is 0 Å². The van der Waals surface area contributed by atoms with E-state index in [-0.39, 0.29) is 5.91 Å². The van der Waals surface area contributed by atoms with Gasteiger partial charge in [0.25, 0.3) is 5.91 Å². The van der Waals surface area contributed by atoms with Crippen LogP contribution in [0.15, 0.2) is 47.4 Å². The first kappa shape index (κ1) is 18.6. The number of hydrogen-bond donors (Lipinski definition) is 0. The third kappa shape index (κ3) is 3.98. The lowest BCUT2D eigenvalue weighted by Crippen LogP contribution is -2.49. The van der Waals surface area contributed by atoms with Crippen LogP contribution >= 0.6 is 11.8 Å². The molecular formula is C21H26N2O2S. The first-order valence-electron chi connectivity index (χ1n) is 9.04. The van der Waals surface area contributed by atoms with Crippen LogP contribution in [0.3, 0.4) is 0 Å². The number of aryl methyl sites for hydroxylation is 1. The number of hydrogen-bond acceptors (Lipinski definition) is 4. The number of amides is 1. The van der Waals surface area contributed by atoms with E-state index >= 15 is 0 Å². The molecule has 0 radical (unpaired) electrons. The zero-order chi connectivity index (χ0) is 18.5. The van der Waals surface area contributed by atoms with Gasteiger partial charge in [0.1, 0.15) is 5.75 Å². The molecule has 1 amide bonds. The van der Waals surface area contributed by atoms with Crippen LogP contribution < -0.4 is 9.64 Å². The molecule has 0 saturated carbocycles. The van der Waals surface area contributed by atoms with Crippen molar-refractivity contribution in [3.63, 3.8) is 0 Å². The van der Waals surface area contributed by atoms with Crippen LogP contribution in [0.2, 0.25) is 0 Å². The standard InChI is InChI=1S/C21H26N2O2S/c1-4-25-20-8-6-5-7-19(20)22-11-13-23(14-12-22)21(24)18-15-17(26-3)10-9-16(18)2/h5-10,15H,4,11-14H2,1-3H3. The summed E-state index contributed by atoms with van der Waals surface area (Å²) in [5.41, 5.74) is 2.97. The number of para-hydroxylation sites is 2. The number of nitrogens with zero attached hydrogens (tertiary/aromatic N) is 2. The van der Waals surface area contributed by atoms with Crippen LogP contribution in [0, 0.1) is 6.92 Å². The van der Waals surface area contributed by atoms with Crippen LogP contribution in [-0.4, -0.2) is 49.8 Å². The average Bonchev–Trinajstić information content (AvgIpc) is 2.69. The summed E-state index contributed by atoms with van der Waals surface area (Å²) < 4.78 is 5.75. The number of rotatable bonds is 5. The van der Waals surface area contributed by atoms with Crippen LogP contribution in [-0.2, 0) is 0 Å². The van der Waals surface area contributed by atoms with Crippen molar-refractivity contribution in [2.45, 2.75) is 18.7 Å². The summed E-state index contributed by atoms with van der Waals surface area (Å²) in [5, 5.41) is 0. The van der Waals surface area contributed by atoms with Gasteiger partial charge in [-0.1, -0.05) is 18.2 Å². The number of ether oxygens (including phenoxy) is 1. The number of anilines is 1. The van der Waals surface area contributed by atoms with E-state index in [9.17, 15) is 4.79 Å². The fourth-order valence-corrected chi connectivity index (χ4v) is 3.72. The summed E-state index contributed by atoms with van der Waals surface area (Å²) in [5.74, 6) is 1.05.